The van der Waals surface area contributed by atoms with E-state index in [1.54, 1.807) is 19.5 Å². The third-order valence-corrected chi connectivity index (χ3v) is 6.35. The number of carbonyl (C=O) groups is 2. The van der Waals surface area contributed by atoms with Gasteiger partial charge in [-0.05, 0) is 65.9 Å². The summed E-state index contributed by atoms with van der Waals surface area (Å²) in [5, 5.41) is 8.81. The molecule has 7 nitrogen and oxygen atoms in total. The SMILES string of the molecule is COc1cccc(C2(C(=O)NCc3cccc(NC(=O)NCc4ccncc4)c3)CCCC2)c1. The number of nitrogens with one attached hydrogen (secondary N) is 3. The number of nitrogens with zero attached hydrogens (tertiary/aromatic N) is 1. The molecule has 0 radical (unpaired) electrons. The van der Waals surface area contributed by atoms with Gasteiger partial charge in [0.1, 0.15) is 5.75 Å². The minimum atomic E-state index is -0.531. The maximum Gasteiger partial charge on any atom is 0.319 e. The quantitative estimate of drug-likeness (QED) is 0.462. The Morgan fingerprint density at radius 1 is 0.912 bits per heavy atom. The molecule has 3 aromatic rings. The first-order chi connectivity index (χ1) is 16.6. The summed E-state index contributed by atoms with van der Waals surface area (Å²) in [4.78, 5) is 29.6. The van der Waals surface area contributed by atoms with Gasteiger partial charge in [0, 0.05) is 31.2 Å². The van der Waals surface area contributed by atoms with Gasteiger partial charge in [0.15, 0.2) is 0 Å². The van der Waals surface area contributed by atoms with Gasteiger partial charge in [0.05, 0.1) is 12.5 Å². The summed E-state index contributed by atoms with van der Waals surface area (Å²) in [6.45, 7) is 0.801. The summed E-state index contributed by atoms with van der Waals surface area (Å²) in [5.41, 5.74) is 3.03. The van der Waals surface area contributed by atoms with Crippen molar-refractivity contribution in [3.8, 4) is 5.75 Å². The largest absolute Gasteiger partial charge is 0.497 e. The van der Waals surface area contributed by atoms with Gasteiger partial charge >= 0.3 is 6.03 Å². The molecule has 0 atom stereocenters. The number of anilines is 1. The maximum absolute atomic E-state index is 13.4. The third kappa shape index (κ3) is 5.54. The summed E-state index contributed by atoms with van der Waals surface area (Å²) < 4.78 is 5.38. The van der Waals surface area contributed by atoms with E-state index in [1.807, 2.05) is 60.7 Å². The van der Waals surface area contributed by atoms with Crippen LogP contribution in [0.5, 0.6) is 5.75 Å². The Morgan fingerprint density at radius 2 is 1.65 bits per heavy atom. The lowest BCUT2D eigenvalue weighted by Crippen LogP contribution is -2.42. The second-order valence-corrected chi connectivity index (χ2v) is 8.57. The van der Waals surface area contributed by atoms with Crippen molar-refractivity contribution in [2.75, 3.05) is 12.4 Å². The average Bonchev–Trinajstić information content (AvgIpc) is 3.38. The van der Waals surface area contributed by atoms with Crippen molar-refractivity contribution in [3.63, 3.8) is 0 Å². The Kier molecular flexibility index (Phi) is 7.42. The smallest absolute Gasteiger partial charge is 0.319 e. The molecule has 3 amide bonds. The van der Waals surface area contributed by atoms with Crippen molar-refractivity contribution >= 4 is 17.6 Å². The molecule has 7 heteroatoms. The number of amides is 3. The molecule has 0 bridgehead atoms. The second-order valence-electron chi connectivity index (χ2n) is 8.57. The van der Waals surface area contributed by atoms with Gasteiger partial charge in [0.2, 0.25) is 5.91 Å². The Bertz CT molecular complexity index is 1130. The van der Waals surface area contributed by atoms with Crippen LogP contribution in [-0.2, 0) is 23.3 Å². The van der Waals surface area contributed by atoms with E-state index in [0.29, 0.717) is 18.8 Å². The van der Waals surface area contributed by atoms with Gasteiger partial charge in [-0.1, -0.05) is 37.1 Å². The van der Waals surface area contributed by atoms with E-state index in [9.17, 15) is 9.59 Å². The fraction of sp³-hybridized carbons (Fsp3) is 0.296. The van der Waals surface area contributed by atoms with Crippen molar-refractivity contribution < 1.29 is 14.3 Å². The zero-order valence-electron chi connectivity index (χ0n) is 19.3. The molecule has 176 valence electrons. The minimum Gasteiger partial charge on any atom is -0.497 e. The lowest BCUT2D eigenvalue weighted by atomic mass is 9.78. The predicted octanol–water partition coefficient (Wildman–Crippen LogP) is 4.54. The summed E-state index contributed by atoms with van der Waals surface area (Å²) in [6.07, 6.45) is 7.08. The minimum absolute atomic E-state index is 0.0340. The molecule has 2 aromatic carbocycles. The van der Waals surface area contributed by atoms with E-state index in [2.05, 4.69) is 20.9 Å². The molecular weight excluding hydrogens is 428 g/mol. The van der Waals surface area contributed by atoms with Crippen LogP contribution in [0.1, 0.15) is 42.4 Å². The molecular formula is C27H30N4O3. The first-order valence-corrected chi connectivity index (χ1v) is 11.5. The molecule has 1 aliphatic carbocycles. The topological polar surface area (TPSA) is 92.4 Å². The van der Waals surface area contributed by atoms with Crippen molar-refractivity contribution in [1.29, 1.82) is 0 Å². The Labute approximate surface area is 199 Å². The summed E-state index contributed by atoms with van der Waals surface area (Å²) >= 11 is 0. The molecule has 34 heavy (non-hydrogen) atoms. The third-order valence-electron chi connectivity index (χ3n) is 6.35. The molecule has 1 fully saturated rings. The van der Waals surface area contributed by atoms with Crippen LogP contribution in [0.4, 0.5) is 10.5 Å². The van der Waals surface area contributed by atoms with Crippen molar-refractivity contribution in [2.24, 2.45) is 0 Å². The van der Waals surface area contributed by atoms with Gasteiger partial charge in [-0.15, -0.1) is 0 Å². The van der Waals surface area contributed by atoms with Crippen molar-refractivity contribution in [3.05, 3.63) is 89.7 Å². The van der Waals surface area contributed by atoms with E-state index >= 15 is 0 Å². The van der Waals surface area contributed by atoms with Crippen LogP contribution in [0.3, 0.4) is 0 Å². The number of rotatable bonds is 8. The standard InChI is InChI=1S/C27H30N4O3/c1-34-24-9-5-7-22(17-24)27(12-2-3-13-27)25(32)29-19-21-6-4-8-23(16-21)31-26(33)30-18-20-10-14-28-15-11-20/h4-11,14-17H,2-3,12-13,18-19H2,1H3,(H,29,32)(H2,30,31,33). The Balaban J connectivity index is 1.37. The van der Waals surface area contributed by atoms with Crippen LogP contribution < -0.4 is 20.7 Å². The van der Waals surface area contributed by atoms with E-state index < -0.39 is 5.41 Å². The molecule has 1 aliphatic rings. The number of pyridine rings is 1. The summed E-state index contributed by atoms with van der Waals surface area (Å²) in [5.74, 6) is 0.796. The molecule has 0 unspecified atom stereocenters. The van der Waals surface area contributed by atoms with Crippen LogP contribution >= 0.6 is 0 Å². The molecule has 1 heterocycles. The highest BCUT2D eigenvalue weighted by Crippen LogP contribution is 2.42. The van der Waals surface area contributed by atoms with Crippen molar-refractivity contribution in [1.82, 2.24) is 15.6 Å². The lowest BCUT2D eigenvalue weighted by Gasteiger charge is -2.28. The summed E-state index contributed by atoms with van der Waals surface area (Å²) in [6, 6.07) is 18.7. The normalized spacial score (nSPS) is 14.3. The monoisotopic (exact) mass is 458 g/mol. The highest BCUT2D eigenvalue weighted by molar-refractivity contribution is 5.90. The molecule has 0 saturated heterocycles. The zero-order chi connectivity index (χ0) is 23.8. The number of ether oxygens (including phenoxy) is 1. The number of hydrogen-bond donors (Lipinski definition) is 3. The summed E-state index contributed by atoms with van der Waals surface area (Å²) in [7, 11) is 1.64. The van der Waals surface area contributed by atoms with Crippen LogP contribution in [0, 0.1) is 0 Å². The van der Waals surface area contributed by atoms with Crippen LogP contribution in [0.2, 0.25) is 0 Å². The van der Waals surface area contributed by atoms with Crippen molar-refractivity contribution in [2.45, 2.75) is 44.2 Å². The number of hydrogen-bond acceptors (Lipinski definition) is 4. The van der Waals surface area contributed by atoms with Gasteiger partial charge in [-0.3, -0.25) is 9.78 Å². The first-order valence-electron chi connectivity index (χ1n) is 11.5. The number of benzene rings is 2. The molecule has 3 N–H and O–H groups in total. The average molecular weight is 459 g/mol. The van der Waals surface area contributed by atoms with E-state index in [-0.39, 0.29) is 11.9 Å². The second kappa shape index (κ2) is 10.8. The van der Waals surface area contributed by atoms with E-state index in [4.69, 9.17) is 4.74 Å². The molecule has 1 aromatic heterocycles. The zero-order valence-corrected chi connectivity index (χ0v) is 19.3. The lowest BCUT2D eigenvalue weighted by molar-refractivity contribution is -0.126. The number of urea groups is 1. The fourth-order valence-corrected chi connectivity index (χ4v) is 4.51. The Hall–Kier alpha value is -3.87. The van der Waals surface area contributed by atoms with Gasteiger partial charge in [-0.2, -0.15) is 0 Å². The number of methoxy groups -OCH3 is 1. The van der Waals surface area contributed by atoms with E-state index in [1.165, 1.54) is 0 Å². The van der Waals surface area contributed by atoms with Gasteiger partial charge in [-0.25, -0.2) is 4.79 Å². The highest BCUT2D eigenvalue weighted by atomic mass is 16.5. The fourth-order valence-electron chi connectivity index (χ4n) is 4.51. The van der Waals surface area contributed by atoms with Crippen LogP contribution in [0.25, 0.3) is 0 Å². The van der Waals surface area contributed by atoms with Crippen LogP contribution in [-0.4, -0.2) is 24.0 Å². The molecule has 1 saturated carbocycles. The number of carbonyl (C=O) groups excluding carboxylic acids is 2. The molecule has 0 aliphatic heterocycles. The van der Waals surface area contributed by atoms with Crippen LogP contribution in [0.15, 0.2) is 73.1 Å². The Morgan fingerprint density at radius 3 is 2.41 bits per heavy atom. The first kappa shape index (κ1) is 23.3. The van der Waals surface area contributed by atoms with Gasteiger partial charge < -0.3 is 20.7 Å². The van der Waals surface area contributed by atoms with E-state index in [0.717, 1.165) is 48.1 Å². The highest BCUT2D eigenvalue weighted by Gasteiger charge is 2.42. The number of aromatic nitrogens is 1. The van der Waals surface area contributed by atoms with Gasteiger partial charge in [0.25, 0.3) is 0 Å². The predicted molar refractivity (Wildman–Crippen MR) is 132 cm³/mol. The maximum atomic E-state index is 13.4. The molecule has 0 spiro atoms. The molecule has 4 rings (SSSR count).